The Morgan fingerprint density at radius 3 is 2.50 bits per heavy atom. The van der Waals surface area contributed by atoms with Gasteiger partial charge in [0, 0.05) is 10.7 Å². The lowest BCUT2D eigenvalue weighted by Crippen LogP contribution is -2.23. The summed E-state index contributed by atoms with van der Waals surface area (Å²) in [5.74, 6) is -1.92. The zero-order chi connectivity index (χ0) is 10.9. The third kappa shape index (κ3) is 2.31. The summed E-state index contributed by atoms with van der Waals surface area (Å²) in [6.07, 6.45) is -3.69. The summed E-state index contributed by atoms with van der Waals surface area (Å²) in [4.78, 5) is 14.1. The fraction of sp³-hybridized carbons (Fsp3) is 0.250. The van der Waals surface area contributed by atoms with Crippen molar-refractivity contribution < 1.29 is 18.0 Å². The highest BCUT2D eigenvalue weighted by Gasteiger charge is 2.40. The zero-order valence-electron chi connectivity index (χ0n) is 7.02. The van der Waals surface area contributed by atoms with Crippen LogP contribution in [0.5, 0.6) is 0 Å². The molecule has 2 nitrogen and oxygen atoms in total. The summed E-state index contributed by atoms with van der Waals surface area (Å²) < 4.78 is 36.5. The number of aryl methyl sites for hydroxylation is 1. The number of carbonyl (C=O) groups is 1. The number of Topliss-reactive ketones (excluding diaryl/α,β-unsaturated/α-hetero) is 1. The Labute approximate surface area is 86.3 Å². The molecule has 0 unspecified atom stereocenters. The number of pyridine rings is 1. The molecule has 0 spiro atoms. The topological polar surface area (TPSA) is 30.0 Å². The van der Waals surface area contributed by atoms with Crippen LogP contribution in [0.1, 0.15) is 16.1 Å². The molecule has 1 heterocycles. The largest absolute Gasteiger partial charge is 0.456 e. The van der Waals surface area contributed by atoms with E-state index in [2.05, 4.69) is 20.9 Å². The molecule has 0 N–H and O–H groups in total. The number of carbonyl (C=O) groups excluding carboxylic acids is 1. The minimum Gasteiger partial charge on any atom is -0.282 e. The van der Waals surface area contributed by atoms with Gasteiger partial charge in [-0.3, -0.25) is 9.78 Å². The second-order valence-electron chi connectivity index (χ2n) is 2.65. The second kappa shape index (κ2) is 3.68. The Kier molecular flexibility index (Phi) is 2.94. The van der Waals surface area contributed by atoms with Crippen LogP contribution in [0.25, 0.3) is 0 Å². The van der Waals surface area contributed by atoms with Gasteiger partial charge in [-0.05, 0) is 34.5 Å². The highest BCUT2D eigenvalue weighted by atomic mass is 79.9. The standard InChI is InChI=1S/C8H5BrF3NO/c1-4-2-6(13-3-5(4)9)7(14)8(10,11)12/h2-3H,1H3. The molecule has 0 bridgehead atoms. The monoisotopic (exact) mass is 267 g/mol. The summed E-state index contributed by atoms with van der Waals surface area (Å²) in [6.45, 7) is 1.58. The quantitative estimate of drug-likeness (QED) is 0.733. The van der Waals surface area contributed by atoms with E-state index in [0.29, 0.717) is 10.0 Å². The Morgan fingerprint density at radius 2 is 2.07 bits per heavy atom. The van der Waals surface area contributed by atoms with Gasteiger partial charge in [0.1, 0.15) is 5.69 Å². The number of halogens is 4. The van der Waals surface area contributed by atoms with Crippen LogP contribution in [0.4, 0.5) is 13.2 Å². The maximum atomic E-state index is 12.0. The van der Waals surface area contributed by atoms with Gasteiger partial charge in [0.15, 0.2) is 0 Å². The number of aromatic nitrogens is 1. The van der Waals surface area contributed by atoms with E-state index >= 15 is 0 Å². The predicted molar refractivity (Wildman–Crippen MR) is 47.1 cm³/mol. The van der Waals surface area contributed by atoms with Crippen LogP contribution in [0, 0.1) is 6.92 Å². The Hall–Kier alpha value is -0.910. The van der Waals surface area contributed by atoms with Crippen LogP contribution < -0.4 is 0 Å². The van der Waals surface area contributed by atoms with Crippen molar-refractivity contribution in [3.05, 3.63) is 28.0 Å². The number of hydrogen-bond donors (Lipinski definition) is 0. The summed E-state index contributed by atoms with van der Waals surface area (Å²) in [5, 5.41) is 0. The molecule has 6 heteroatoms. The lowest BCUT2D eigenvalue weighted by Gasteiger charge is -2.05. The molecular formula is C8H5BrF3NO. The molecule has 0 aliphatic carbocycles. The average molecular weight is 268 g/mol. The molecule has 0 aliphatic rings. The van der Waals surface area contributed by atoms with Crippen molar-refractivity contribution in [1.29, 1.82) is 0 Å². The fourth-order valence-electron chi connectivity index (χ4n) is 0.809. The summed E-state index contributed by atoms with van der Waals surface area (Å²) in [5.41, 5.74) is -0.0502. The van der Waals surface area contributed by atoms with Crippen LogP contribution in [0.3, 0.4) is 0 Å². The molecular weight excluding hydrogens is 263 g/mol. The Bertz CT molecular complexity index is 375. The van der Waals surface area contributed by atoms with Gasteiger partial charge in [0.2, 0.25) is 0 Å². The molecule has 0 saturated carbocycles. The molecule has 0 saturated heterocycles. The number of rotatable bonds is 1. The van der Waals surface area contributed by atoms with E-state index in [1.54, 1.807) is 6.92 Å². The molecule has 0 radical (unpaired) electrons. The van der Waals surface area contributed by atoms with E-state index in [9.17, 15) is 18.0 Å². The fourth-order valence-corrected chi connectivity index (χ4v) is 1.03. The zero-order valence-corrected chi connectivity index (χ0v) is 8.61. The third-order valence-electron chi connectivity index (χ3n) is 1.54. The highest BCUT2D eigenvalue weighted by molar-refractivity contribution is 9.10. The first-order valence-electron chi connectivity index (χ1n) is 3.56. The molecule has 14 heavy (non-hydrogen) atoms. The van der Waals surface area contributed by atoms with Gasteiger partial charge in [-0.15, -0.1) is 0 Å². The normalized spacial score (nSPS) is 11.5. The summed E-state index contributed by atoms with van der Waals surface area (Å²) >= 11 is 3.07. The lowest BCUT2D eigenvalue weighted by molar-refractivity contribution is -0.0888. The first-order valence-corrected chi connectivity index (χ1v) is 4.35. The minimum atomic E-state index is -4.87. The summed E-state index contributed by atoms with van der Waals surface area (Å²) in [7, 11) is 0. The Balaban J connectivity index is 3.10. The number of nitrogens with zero attached hydrogens (tertiary/aromatic N) is 1. The molecule has 1 aromatic heterocycles. The van der Waals surface area contributed by atoms with Crippen molar-refractivity contribution in [1.82, 2.24) is 4.98 Å². The molecule has 0 fully saturated rings. The van der Waals surface area contributed by atoms with Crippen LogP contribution in [-0.4, -0.2) is 16.9 Å². The highest BCUT2D eigenvalue weighted by Crippen LogP contribution is 2.22. The maximum Gasteiger partial charge on any atom is 0.456 e. The van der Waals surface area contributed by atoms with E-state index in [0.717, 1.165) is 6.07 Å². The SMILES string of the molecule is Cc1cc(C(=O)C(F)(F)F)ncc1Br. The van der Waals surface area contributed by atoms with Crippen LogP contribution in [0.2, 0.25) is 0 Å². The number of hydrogen-bond acceptors (Lipinski definition) is 2. The van der Waals surface area contributed by atoms with Crippen molar-refractivity contribution >= 4 is 21.7 Å². The second-order valence-corrected chi connectivity index (χ2v) is 3.50. The molecule has 0 aromatic carbocycles. The van der Waals surface area contributed by atoms with Gasteiger partial charge < -0.3 is 0 Å². The van der Waals surface area contributed by atoms with Gasteiger partial charge >= 0.3 is 6.18 Å². The third-order valence-corrected chi connectivity index (χ3v) is 2.37. The van der Waals surface area contributed by atoms with Crippen LogP contribution >= 0.6 is 15.9 Å². The van der Waals surface area contributed by atoms with Crippen LogP contribution in [-0.2, 0) is 0 Å². The van der Waals surface area contributed by atoms with Crippen molar-refractivity contribution in [2.45, 2.75) is 13.1 Å². The average Bonchev–Trinajstić information content (AvgIpc) is 2.07. The van der Waals surface area contributed by atoms with Crippen molar-refractivity contribution in [3.63, 3.8) is 0 Å². The molecule has 1 aromatic rings. The van der Waals surface area contributed by atoms with Gasteiger partial charge in [0.05, 0.1) is 0 Å². The van der Waals surface area contributed by atoms with Gasteiger partial charge in [-0.1, -0.05) is 0 Å². The van der Waals surface area contributed by atoms with E-state index in [1.165, 1.54) is 6.20 Å². The van der Waals surface area contributed by atoms with E-state index in [-0.39, 0.29) is 0 Å². The van der Waals surface area contributed by atoms with Crippen LogP contribution in [0.15, 0.2) is 16.7 Å². The van der Waals surface area contributed by atoms with Crippen molar-refractivity contribution in [2.24, 2.45) is 0 Å². The van der Waals surface area contributed by atoms with Gasteiger partial charge in [-0.2, -0.15) is 13.2 Å². The van der Waals surface area contributed by atoms with E-state index in [4.69, 9.17) is 0 Å². The molecule has 0 amide bonds. The maximum absolute atomic E-state index is 12.0. The molecule has 1 rings (SSSR count). The van der Waals surface area contributed by atoms with Gasteiger partial charge in [0.25, 0.3) is 5.78 Å². The smallest absolute Gasteiger partial charge is 0.282 e. The number of alkyl halides is 3. The van der Waals surface area contributed by atoms with E-state index in [1.807, 2.05) is 0 Å². The van der Waals surface area contributed by atoms with Crippen molar-refractivity contribution in [2.75, 3.05) is 0 Å². The Morgan fingerprint density at radius 1 is 1.50 bits per heavy atom. The first kappa shape index (κ1) is 11.2. The first-order chi connectivity index (χ1) is 6.32. The molecule has 0 atom stereocenters. The van der Waals surface area contributed by atoms with Gasteiger partial charge in [-0.25, -0.2) is 0 Å². The van der Waals surface area contributed by atoms with Crippen molar-refractivity contribution in [3.8, 4) is 0 Å². The molecule has 76 valence electrons. The lowest BCUT2D eigenvalue weighted by atomic mass is 10.2. The van der Waals surface area contributed by atoms with E-state index < -0.39 is 17.7 Å². The predicted octanol–water partition coefficient (Wildman–Crippen LogP) is 2.90. The molecule has 0 aliphatic heterocycles. The summed E-state index contributed by atoms with van der Waals surface area (Å²) in [6, 6.07) is 1.10. The number of ketones is 1. The minimum absolute atomic E-state index is 0.535.